The number of nitrogens with two attached hydrogens (primary N) is 1. The first-order chi connectivity index (χ1) is 21.5. The van der Waals surface area contributed by atoms with Crippen LogP contribution in [0.2, 0.25) is 5.15 Å². The summed E-state index contributed by atoms with van der Waals surface area (Å²) in [6, 6.07) is 0. The van der Waals surface area contributed by atoms with E-state index in [9.17, 15) is 4.79 Å². The van der Waals surface area contributed by atoms with E-state index in [0.29, 0.717) is 49.4 Å². The van der Waals surface area contributed by atoms with Crippen LogP contribution in [-0.4, -0.2) is 75.3 Å². The number of aryl methyl sites for hydroxylation is 1. The number of methoxy groups -OCH3 is 1. The number of nitrogen functional groups attached to an aromatic ring is 1. The third-order valence-electron chi connectivity index (χ3n) is 5.60. The quantitative estimate of drug-likeness (QED) is 0.108. The molecule has 0 fully saturated rings. The summed E-state index contributed by atoms with van der Waals surface area (Å²) in [5.74, 6) is 6.74. The number of fused-ring (bicyclic) bond motifs is 1. The average molecular weight is 662 g/mol. The summed E-state index contributed by atoms with van der Waals surface area (Å²) in [6.07, 6.45) is 4.56. The average Bonchev–Trinajstić information content (AvgIpc) is 3.28. The first kappa shape index (κ1) is 40.6. The summed E-state index contributed by atoms with van der Waals surface area (Å²) in [6.45, 7) is 20.6. The molecule has 0 spiro atoms. The fourth-order valence-corrected chi connectivity index (χ4v) is 4.21. The minimum Gasteiger partial charge on any atom is -0.496 e. The van der Waals surface area contributed by atoms with E-state index in [1.165, 1.54) is 0 Å². The number of aromatic nitrogens is 4. The lowest BCUT2D eigenvalue weighted by molar-refractivity contribution is -0.156. The lowest BCUT2D eigenvalue weighted by Gasteiger charge is -2.19. The molecule has 3 aromatic heterocycles. The standard InChI is InChI=1S/C28H36ClN5O5.C4H10O.C2H6/c1-18-15-31-21(19(2)24(18)36-6)17-34-16-20(23-25(29)32-27(30)33-26(23)34)9-7-11-37-12-8-13-38-14-10-22(35)39-28(3,4)5;1-4(2,3)5;1-2/h15-16H,8,10-14,17H2,1-6H3,(H2,30,32,33);5H,1-3H3;1-2H3. The van der Waals surface area contributed by atoms with Crippen molar-refractivity contribution in [2.45, 2.75) is 99.8 Å². The van der Waals surface area contributed by atoms with Crippen LogP contribution in [-0.2, 0) is 25.5 Å². The van der Waals surface area contributed by atoms with E-state index >= 15 is 0 Å². The molecule has 3 N–H and O–H groups in total. The monoisotopic (exact) mass is 661 g/mol. The Kier molecular flexibility index (Phi) is 17.0. The number of esters is 1. The van der Waals surface area contributed by atoms with E-state index in [2.05, 4.69) is 26.8 Å². The molecule has 0 aliphatic carbocycles. The lowest BCUT2D eigenvalue weighted by atomic mass is 10.1. The van der Waals surface area contributed by atoms with E-state index in [1.807, 2.05) is 59.2 Å². The topological polar surface area (TPSA) is 144 Å². The molecule has 0 bridgehead atoms. The Morgan fingerprint density at radius 2 is 1.70 bits per heavy atom. The molecule has 256 valence electrons. The Hall–Kier alpha value is -3.43. The molecule has 0 saturated carbocycles. The molecule has 11 nitrogen and oxygen atoms in total. The molecule has 12 heteroatoms. The number of pyridine rings is 1. The predicted octanol–water partition coefficient (Wildman–Crippen LogP) is 6.05. The molecular weight excluding hydrogens is 610 g/mol. The van der Waals surface area contributed by atoms with Crippen molar-refractivity contribution in [3.05, 3.63) is 39.9 Å². The van der Waals surface area contributed by atoms with Gasteiger partial charge in [-0.2, -0.15) is 4.98 Å². The summed E-state index contributed by atoms with van der Waals surface area (Å²) < 4.78 is 23.8. The Morgan fingerprint density at radius 1 is 1.07 bits per heavy atom. The zero-order valence-corrected chi connectivity index (χ0v) is 30.1. The van der Waals surface area contributed by atoms with Crippen molar-refractivity contribution < 1.29 is 28.8 Å². The van der Waals surface area contributed by atoms with Gasteiger partial charge < -0.3 is 34.4 Å². The summed E-state index contributed by atoms with van der Waals surface area (Å²) >= 11 is 6.44. The number of carbonyl (C=O) groups is 1. The molecular formula is C34H52ClN5O6. The van der Waals surface area contributed by atoms with E-state index in [0.717, 1.165) is 22.6 Å². The molecule has 0 aliphatic heterocycles. The molecule has 0 atom stereocenters. The van der Waals surface area contributed by atoms with Gasteiger partial charge in [-0.05, 0) is 61.8 Å². The van der Waals surface area contributed by atoms with Crippen molar-refractivity contribution in [2.24, 2.45) is 0 Å². The molecule has 0 aliphatic rings. The van der Waals surface area contributed by atoms with Gasteiger partial charge in [-0.1, -0.05) is 37.3 Å². The van der Waals surface area contributed by atoms with Gasteiger partial charge in [0.2, 0.25) is 5.95 Å². The predicted molar refractivity (Wildman–Crippen MR) is 183 cm³/mol. The van der Waals surface area contributed by atoms with Gasteiger partial charge in [0.1, 0.15) is 28.8 Å². The first-order valence-electron chi connectivity index (χ1n) is 15.4. The number of hydrogen-bond donors (Lipinski definition) is 2. The molecule has 0 radical (unpaired) electrons. The Morgan fingerprint density at radius 3 is 2.30 bits per heavy atom. The molecule has 0 unspecified atom stereocenters. The van der Waals surface area contributed by atoms with E-state index in [1.54, 1.807) is 34.1 Å². The maximum atomic E-state index is 11.7. The highest BCUT2D eigenvalue weighted by Gasteiger charge is 2.18. The van der Waals surface area contributed by atoms with Crippen molar-refractivity contribution in [3.8, 4) is 17.6 Å². The zero-order chi connectivity index (χ0) is 35.1. The van der Waals surface area contributed by atoms with Crippen molar-refractivity contribution in [2.75, 3.05) is 39.3 Å². The van der Waals surface area contributed by atoms with Crippen LogP contribution in [0.1, 0.15) is 90.6 Å². The minimum atomic E-state index is -0.500. The Balaban J connectivity index is 0.00000137. The highest BCUT2D eigenvalue weighted by molar-refractivity contribution is 6.34. The van der Waals surface area contributed by atoms with Crippen LogP contribution in [0.5, 0.6) is 5.75 Å². The summed E-state index contributed by atoms with van der Waals surface area (Å²) in [5, 5.41) is 9.37. The number of nitrogens with zero attached hydrogens (tertiary/aromatic N) is 4. The van der Waals surface area contributed by atoms with Crippen LogP contribution in [0.3, 0.4) is 0 Å². The molecule has 0 aromatic carbocycles. The molecule has 3 heterocycles. The number of anilines is 1. The van der Waals surface area contributed by atoms with Crippen LogP contribution in [0.25, 0.3) is 11.0 Å². The maximum Gasteiger partial charge on any atom is 0.308 e. The summed E-state index contributed by atoms with van der Waals surface area (Å²) in [4.78, 5) is 24.8. The highest BCUT2D eigenvalue weighted by atomic mass is 35.5. The third-order valence-corrected chi connectivity index (χ3v) is 5.88. The minimum absolute atomic E-state index is 0.0779. The zero-order valence-electron chi connectivity index (χ0n) is 29.3. The van der Waals surface area contributed by atoms with Gasteiger partial charge in [-0.25, -0.2) is 4.98 Å². The second-order valence-corrected chi connectivity index (χ2v) is 12.5. The van der Waals surface area contributed by atoms with Crippen LogP contribution in [0.4, 0.5) is 5.95 Å². The van der Waals surface area contributed by atoms with Gasteiger partial charge in [-0.3, -0.25) is 9.78 Å². The molecule has 3 aromatic rings. The highest BCUT2D eigenvalue weighted by Crippen LogP contribution is 2.29. The number of ether oxygens (including phenoxy) is 4. The maximum absolute atomic E-state index is 11.7. The van der Waals surface area contributed by atoms with Gasteiger partial charge in [0.25, 0.3) is 0 Å². The van der Waals surface area contributed by atoms with Gasteiger partial charge in [0, 0.05) is 30.1 Å². The largest absolute Gasteiger partial charge is 0.496 e. The molecule has 46 heavy (non-hydrogen) atoms. The van der Waals surface area contributed by atoms with Crippen molar-refractivity contribution in [1.82, 2.24) is 19.5 Å². The fourth-order valence-electron chi connectivity index (χ4n) is 3.93. The van der Waals surface area contributed by atoms with Crippen LogP contribution < -0.4 is 10.5 Å². The second kappa shape index (κ2) is 19.3. The van der Waals surface area contributed by atoms with Gasteiger partial charge in [0.15, 0.2) is 0 Å². The first-order valence-corrected chi connectivity index (χ1v) is 15.8. The van der Waals surface area contributed by atoms with E-state index in [4.69, 9.17) is 41.4 Å². The number of halogens is 1. The van der Waals surface area contributed by atoms with Crippen LogP contribution >= 0.6 is 11.6 Å². The van der Waals surface area contributed by atoms with Gasteiger partial charge >= 0.3 is 5.97 Å². The fraction of sp³-hybridized carbons (Fsp3) is 0.588. The number of carbonyl (C=O) groups excluding carboxylic acids is 1. The van der Waals surface area contributed by atoms with Gasteiger partial charge in [-0.15, -0.1) is 0 Å². The summed E-state index contributed by atoms with van der Waals surface area (Å²) in [7, 11) is 1.65. The normalized spacial score (nSPS) is 11.1. The summed E-state index contributed by atoms with van der Waals surface area (Å²) in [5.41, 5.74) is 8.88. The van der Waals surface area contributed by atoms with Crippen molar-refractivity contribution >= 4 is 34.6 Å². The lowest BCUT2D eigenvalue weighted by Crippen LogP contribution is -2.24. The number of hydrogen-bond acceptors (Lipinski definition) is 10. The second-order valence-electron chi connectivity index (χ2n) is 12.1. The SMILES string of the molecule is CC.CC(C)(C)O.COc1c(C)cnc(Cn2cc(C#CCOCCCOCCC(=O)OC(C)(C)C)c3c(Cl)nc(N)nc32)c1C. The van der Waals surface area contributed by atoms with Gasteiger partial charge in [0.05, 0.1) is 55.5 Å². The van der Waals surface area contributed by atoms with E-state index < -0.39 is 11.2 Å². The number of rotatable bonds is 11. The third kappa shape index (κ3) is 14.8. The van der Waals surface area contributed by atoms with Crippen molar-refractivity contribution in [1.29, 1.82) is 0 Å². The Labute approximate surface area is 279 Å². The molecule has 3 rings (SSSR count). The smallest absolute Gasteiger partial charge is 0.308 e. The molecule has 0 amide bonds. The molecule has 0 saturated heterocycles. The van der Waals surface area contributed by atoms with Crippen molar-refractivity contribution in [3.63, 3.8) is 0 Å². The van der Waals surface area contributed by atoms with E-state index in [-0.39, 0.29) is 30.1 Å². The number of aliphatic hydroxyl groups is 1. The van der Waals surface area contributed by atoms with Crippen LogP contribution in [0.15, 0.2) is 12.4 Å². The van der Waals surface area contributed by atoms with Crippen LogP contribution in [0, 0.1) is 25.7 Å². The Bertz CT molecular complexity index is 1460.